The third-order valence-corrected chi connectivity index (χ3v) is 5.38. The summed E-state index contributed by atoms with van der Waals surface area (Å²) >= 11 is 0. The zero-order chi connectivity index (χ0) is 18.8. The van der Waals surface area contributed by atoms with Gasteiger partial charge in [-0.15, -0.1) is 0 Å². The smallest absolute Gasteiger partial charge is 0.410 e. The Morgan fingerprint density at radius 1 is 1.00 bits per heavy atom. The highest BCUT2D eigenvalue weighted by Crippen LogP contribution is 2.44. The van der Waals surface area contributed by atoms with Gasteiger partial charge in [-0.05, 0) is 42.0 Å². The van der Waals surface area contributed by atoms with Crippen molar-refractivity contribution in [3.05, 3.63) is 59.7 Å². The van der Waals surface area contributed by atoms with Gasteiger partial charge in [-0.1, -0.05) is 48.5 Å². The van der Waals surface area contributed by atoms with Gasteiger partial charge in [-0.2, -0.15) is 0 Å². The van der Waals surface area contributed by atoms with Crippen molar-refractivity contribution in [3.63, 3.8) is 0 Å². The predicted molar refractivity (Wildman–Crippen MR) is 101 cm³/mol. The zero-order valence-corrected chi connectivity index (χ0v) is 15.4. The summed E-state index contributed by atoms with van der Waals surface area (Å²) in [5.41, 5.74) is 4.74. The fourth-order valence-electron chi connectivity index (χ4n) is 4.15. The van der Waals surface area contributed by atoms with E-state index in [2.05, 4.69) is 24.3 Å². The lowest BCUT2D eigenvalue weighted by molar-refractivity contribution is -0.147. The molecule has 2 aromatic rings. The molecule has 1 amide bonds. The first kappa shape index (κ1) is 17.6. The molecular formula is C22H23NO4. The van der Waals surface area contributed by atoms with E-state index in [0.29, 0.717) is 19.6 Å². The van der Waals surface area contributed by atoms with Crippen LogP contribution in [0.3, 0.4) is 0 Å². The Kier molecular flexibility index (Phi) is 4.84. The average molecular weight is 365 g/mol. The van der Waals surface area contributed by atoms with Crippen molar-refractivity contribution in [2.75, 3.05) is 19.8 Å². The van der Waals surface area contributed by atoms with Crippen LogP contribution in [0.25, 0.3) is 11.1 Å². The molecule has 5 nitrogen and oxygen atoms in total. The summed E-state index contributed by atoms with van der Waals surface area (Å²) < 4.78 is 10.8. The van der Waals surface area contributed by atoms with Gasteiger partial charge in [0.15, 0.2) is 0 Å². The second-order valence-electron chi connectivity index (χ2n) is 6.91. The van der Waals surface area contributed by atoms with Crippen molar-refractivity contribution in [1.29, 1.82) is 0 Å². The number of rotatable bonds is 4. The monoisotopic (exact) mass is 365 g/mol. The van der Waals surface area contributed by atoms with E-state index in [9.17, 15) is 9.59 Å². The fourth-order valence-corrected chi connectivity index (χ4v) is 4.15. The molecule has 0 spiro atoms. The molecule has 0 bridgehead atoms. The Bertz CT molecular complexity index is 817. The first-order valence-corrected chi connectivity index (χ1v) is 9.49. The van der Waals surface area contributed by atoms with Crippen LogP contribution in [0.2, 0.25) is 0 Å². The lowest BCUT2D eigenvalue weighted by Crippen LogP contribution is -2.42. The van der Waals surface area contributed by atoms with Crippen LogP contribution in [-0.4, -0.2) is 42.8 Å². The molecule has 1 aliphatic heterocycles. The minimum absolute atomic E-state index is 0.0185. The minimum atomic E-state index is -0.527. The van der Waals surface area contributed by atoms with E-state index >= 15 is 0 Å². The van der Waals surface area contributed by atoms with Crippen molar-refractivity contribution in [2.45, 2.75) is 31.7 Å². The maximum atomic E-state index is 12.6. The Balaban J connectivity index is 1.49. The number of hydrogen-bond donors (Lipinski definition) is 0. The van der Waals surface area contributed by atoms with E-state index in [1.165, 1.54) is 27.2 Å². The van der Waals surface area contributed by atoms with E-state index in [0.717, 1.165) is 6.42 Å². The Hall–Kier alpha value is -2.82. The number of esters is 1. The van der Waals surface area contributed by atoms with Crippen molar-refractivity contribution in [1.82, 2.24) is 4.90 Å². The summed E-state index contributed by atoms with van der Waals surface area (Å²) in [5, 5.41) is 0. The van der Waals surface area contributed by atoms with Crippen LogP contribution in [0.5, 0.6) is 0 Å². The van der Waals surface area contributed by atoms with Gasteiger partial charge in [0.25, 0.3) is 0 Å². The second-order valence-corrected chi connectivity index (χ2v) is 6.91. The maximum absolute atomic E-state index is 12.6. The van der Waals surface area contributed by atoms with Crippen LogP contribution in [0, 0.1) is 0 Å². The summed E-state index contributed by atoms with van der Waals surface area (Å²) in [6.07, 6.45) is 0.976. The summed E-state index contributed by atoms with van der Waals surface area (Å²) in [6.45, 7) is 2.87. The van der Waals surface area contributed by atoms with Crippen LogP contribution >= 0.6 is 0 Å². The predicted octanol–water partition coefficient (Wildman–Crippen LogP) is 3.96. The van der Waals surface area contributed by atoms with E-state index in [-0.39, 0.29) is 18.5 Å². The molecule has 1 aliphatic carbocycles. The summed E-state index contributed by atoms with van der Waals surface area (Å²) in [7, 11) is 0. The van der Waals surface area contributed by atoms with Gasteiger partial charge in [0.2, 0.25) is 0 Å². The number of benzene rings is 2. The second kappa shape index (κ2) is 7.43. The van der Waals surface area contributed by atoms with E-state index in [4.69, 9.17) is 9.47 Å². The number of fused-ring (bicyclic) bond motifs is 3. The molecule has 140 valence electrons. The van der Waals surface area contributed by atoms with Gasteiger partial charge in [0, 0.05) is 12.5 Å². The zero-order valence-electron chi connectivity index (χ0n) is 15.4. The molecule has 1 fully saturated rings. The quantitative estimate of drug-likeness (QED) is 0.770. The Morgan fingerprint density at radius 2 is 1.63 bits per heavy atom. The van der Waals surface area contributed by atoms with Crippen molar-refractivity contribution < 1.29 is 19.1 Å². The normalized spacial score (nSPS) is 18.1. The summed E-state index contributed by atoms with van der Waals surface area (Å²) in [6, 6.07) is 15.9. The molecule has 1 atom stereocenters. The van der Waals surface area contributed by atoms with Crippen LogP contribution in [0.15, 0.2) is 48.5 Å². The van der Waals surface area contributed by atoms with Crippen LogP contribution in [0.4, 0.5) is 4.79 Å². The van der Waals surface area contributed by atoms with Gasteiger partial charge in [-0.25, -0.2) is 9.59 Å². The minimum Gasteiger partial charge on any atom is -0.464 e. The van der Waals surface area contributed by atoms with Crippen molar-refractivity contribution >= 4 is 12.1 Å². The van der Waals surface area contributed by atoms with E-state index < -0.39 is 12.1 Å². The largest absolute Gasteiger partial charge is 0.464 e. The molecule has 0 radical (unpaired) electrons. The first-order valence-electron chi connectivity index (χ1n) is 9.49. The number of amides is 1. The van der Waals surface area contributed by atoms with Crippen molar-refractivity contribution in [3.8, 4) is 11.1 Å². The molecule has 1 unspecified atom stereocenters. The molecule has 2 aliphatic rings. The number of carbonyl (C=O) groups is 2. The van der Waals surface area contributed by atoms with Gasteiger partial charge in [0.05, 0.1) is 6.61 Å². The molecule has 2 aromatic carbocycles. The summed E-state index contributed by atoms with van der Waals surface area (Å²) in [4.78, 5) is 26.2. The number of ether oxygens (including phenoxy) is 2. The molecule has 27 heavy (non-hydrogen) atoms. The standard InChI is InChI=1S/C22H23NO4/c1-2-26-21(24)20-12-7-13-23(20)22(25)27-14-19-17-10-5-3-8-15(17)16-9-4-6-11-18(16)19/h3-6,8-11,19-20H,2,7,12-14H2,1H3. The number of hydrogen-bond acceptors (Lipinski definition) is 4. The molecule has 4 rings (SSSR count). The van der Waals surface area contributed by atoms with Gasteiger partial charge >= 0.3 is 12.1 Å². The van der Waals surface area contributed by atoms with Crippen LogP contribution in [-0.2, 0) is 14.3 Å². The van der Waals surface area contributed by atoms with Crippen molar-refractivity contribution in [2.24, 2.45) is 0 Å². The Labute approximate surface area is 158 Å². The third kappa shape index (κ3) is 3.18. The van der Waals surface area contributed by atoms with Gasteiger partial charge in [-0.3, -0.25) is 4.90 Å². The third-order valence-electron chi connectivity index (χ3n) is 5.38. The molecule has 0 saturated carbocycles. The first-order chi connectivity index (χ1) is 13.2. The lowest BCUT2D eigenvalue weighted by Gasteiger charge is -2.23. The molecule has 1 saturated heterocycles. The van der Waals surface area contributed by atoms with E-state index in [1.54, 1.807) is 6.92 Å². The van der Waals surface area contributed by atoms with Gasteiger partial charge < -0.3 is 9.47 Å². The molecule has 5 heteroatoms. The van der Waals surface area contributed by atoms with E-state index in [1.807, 2.05) is 24.3 Å². The SMILES string of the molecule is CCOC(=O)C1CCCN1C(=O)OCC1c2ccccc2-c2ccccc21. The highest BCUT2D eigenvalue weighted by atomic mass is 16.6. The Morgan fingerprint density at radius 3 is 2.26 bits per heavy atom. The number of likely N-dealkylation sites (tertiary alicyclic amines) is 1. The summed E-state index contributed by atoms with van der Waals surface area (Å²) in [5.74, 6) is -0.325. The van der Waals surface area contributed by atoms with Crippen LogP contribution in [0.1, 0.15) is 36.8 Å². The maximum Gasteiger partial charge on any atom is 0.410 e. The molecular weight excluding hydrogens is 342 g/mol. The lowest BCUT2D eigenvalue weighted by atomic mass is 9.98. The number of nitrogens with zero attached hydrogens (tertiary/aromatic N) is 1. The fraction of sp³-hybridized carbons (Fsp3) is 0.364. The average Bonchev–Trinajstić information content (AvgIpc) is 3.30. The topological polar surface area (TPSA) is 55.8 Å². The molecule has 1 heterocycles. The highest BCUT2D eigenvalue weighted by molar-refractivity contribution is 5.82. The molecule has 0 aromatic heterocycles. The number of carbonyl (C=O) groups excluding carboxylic acids is 2. The highest BCUT2D eigenvalue weighted by Gasteiger charge is 2.37. The van der Waals surface area contributed by atoms with Crippen LogP contribution < -0.4 is 0 Å². The van der Waals surface area contributed by atoms with Gasteiger partial charge in [0.1, 0.15) is 12.6 Å². The molecule has 0 N–H and O–H groups in total.